The van der Waals surface area contributed by atoms with Crippen molar-refractivity contribution in [2.24, 2.45) is 0 Å². The maximum absolute atomic E-state index is 5.54. The van der Waals surface area contributed by atoms with Crippen molar-refractivity contribution < 1.29 is 12.7 Å². The highest BCUT2D eigenvalue weighted by molar-refractivity contribution is 9.06. The summed E-state index contributed by atoms with van der Waals surface area (Å²) in [6, 6.07) is 18.8. The van der Waals surface area contributed by atoms with E-state index in [0.717, 1.165) is 0 Å². The fraction of sp³-hybridized carbons (Fsp3) is 0. The molecule has 5 heteroatoms. The van der Waals surface area contributed by atoms with Crippen LogP contribution in [-0.4, -0.2) is 0 Å². The minimum Gasteiger partial charge on any atom is -0.417 e. The van der Waals surface area contributed by atoms with E-state index >= 15 is 0 Å². The summed E-state index contributed by atoms with van der Waals surface area (Å²) in [5.41, 5.74) is 0. The molecule has 0 aliphatic rings. The van der Waals surface area contributed by atoms with Crippen LogP contribution in [0.25, 0.3) is 0 Å². The topological polar surface area (TPSA) is 27.7 Å². The molecule has 2 aromatic carbocycles. The first-order chi connectivity index (χ1) is 8.38. The van der Waals surface area contributed by atoms with Crippen molar-refractivity contribution >= 4 is 24.9 Å². The van der Waals surface area contributed by atoms with Crippen molar-refractivity contribution in [1.82, 2.24) is 0 Å². The zero-order chi connectivity index (χ0) is 11.9. The summed E-state index contributed by atoms with van der Waals surface area (Å²) in [5.74, 6) is 1.41. The van der Waals surface area contributed by atoms with E-state index in [1.807, 2.05) is 60.7 Å². The van der Waals surface area contributed by atoms with Crippen LogP contribution in [0.3, 0.4) is 0 Å². The molecule has 0 fully saturated rings. The Morgan fingerprint density at radius 2 is 1.12 bits per heavy atom. The van der Waals surface area contributed by atoms with Crippen molar-refractivity contribution in [1.29, 1.82) is 0 Å². The van der Waals surface area contributed by atoms with E-state index in [-0.39, 0.29) is 0 Å². The molecule has 0 aromatic heterocycles. The van der Waals surface area contributed by atoms with E-state index in [2.05, 4.69) is 16.3 Å². The van der Waals surface area contributed by atoms with E-state index < -0.39 is 8.60 Å². The Hall–Kier alpha value is -1.09. The molecular weight excluding hydrogens is 303 g/mol. The summed E-state index contributed by atoms with van der Waals surface area (Å²) in [6.07, 6.45) is 0. The molecule has 0 heterocycles. The van der Waals surface area contributed by atoms with Crippen LogP contribution in [0.2, 0.25) is 0 Å². The second-order valence-electron chi connectivity index (χ2n) is 3.10. The van der Waals surface area contributed by atoms with Gasteiger partial charge < -0.3 is 9.05 Å². The Labute approximate surface area is 110 Å². The zero-order valence-electron chi connectivity index (χ0n) is 8.82. The SMILES string of the molecule is BrOP(Oc1ccccc1)Oc1ccccc1. The molecule has 2 aromatic rings. The van der Waals surface area contributed by atoms with Gasteiger partial charge in [0.2, 0.25) is 0 Å². The number of halogens is 1. The molecule has 0 spiro atoms. The van der Waals surface area contributed by atoms with Gasteiger partial charge in [-0.1, -0.05) is 36.4 Å². The normalized spacial score (nSPS) is 10.2. The summed E-state index contributed by atoms with van der Waals surface area (Å²) >= 11 is 2.91. The van der Waals surface area contributed by atoms with Crippen molar-refractivity contribution in [2.75, 3.05) is 0 Å². The molecule has 0 N–H and O–H groups in total. The van der Waals surface area contributed by atoms with Gasteiger partial charge in [-0.15, -0.1) is 0 Å². The Bertz CT molecular complexity index is 397. The smallest absolute Gasteiger partial charge is 0.417 e. The lowest BCUT2D eigenvalue weighted by atomic mass is 10.3. The molecule has 0 aliphatic heterocycles. The van der Waals surface area contributed by atoms with Gasteiger partial charge in [0.05, 0.1) is 0 Å². The van der Waals surface area contributed by atoms with E-state index in [1.54, 1.807) is 0 Å². The minimum atomic E-state index is -1.49. The fourth-order valence-corrected chi connectivity index (χ4v) is 2.22. The Morgan fingerprint density at radius 3 is 1.47 bits per heavy atom. The van der Waals surface area contributed by atoms with E-state index in [4.69, 9.17) is 12.7 Å². The maximum Gasteiger partial charge on any atom is 0.475 e. The first-order valence-electron chi connectivity index (χ1n) is 4.93. The molecule has 0 saturated heterocycles. The molecule has 0 radical (unpaired) electrons. The van der Waals surface area contributed by atoms with Crippen molar-refractivity contribution in [3.63, 3.8) is 0 Å². The lowest BCUT2D eigenvalue weighted by Crippen LogP contribution is -1.94. The summed E-state index contributed by atoms with van der Waals surface area (Å²) in [5, 5.41) is 0. The number of rotatable bonds is 5. The van der Waals surface area contributed by atoms with Crippen LogP contribution >= 0.6 is 24.9 Å². The molecule has 0 unspecified atom stereocenters. The summed E-state index contributed by atoms with van der Waals surface area (Å²) in [7, 11) is -1.49. The molecule has 17 heavy (non-hydrogen) atoms. The van der Waals surface area contributed by atoms with Gasteiger partial charge in [0, 0.05) is 0 Å². The molecule has 3 nitrogen and oxygen atoms in total. The van der Waals surface area contributed by atoms with Gasteiger partial charge in [-0.25, -0.2) is 3.62 Å². The summed E-state index contributed by atoms with van der Waals surface area (Å²) in [6.45, 7) is 0. The molecule has 0 saturated carbocycles. The summed E-state index contributed by atoms with van der Waals surface area (Å²) < 4.78 is 16.1. The van der Waals surface area contributed by atoms with E-state index in [0.29, 0.717) is 11.5 Å². The number of hydrogen-bond donors (Lipinski definition) is 0. The van der Waals surface area contributed by atoms with E-state index in [1.165, 1.54) is 0 Å². The largest absolute Gasteiger partial charge is 0.475 e. The molecule has 0 atom stereocenters. The molecule has 0 aliphatic carbocycles. The van der Waals surface area contributed by atoms with Crippen LogP contribution in [0, 0.1) is 0 Å². The van der Waals surface area contributed by atoms with Gasteiger partial charge in [0.15, 0.2) is 0 Å². The maximum atomic E-state index is 5.54. The Morgan fingerprint density at radius 1 is 0.706 bits per heavy atom. The average Bonchev–Trinajstić information content (AvgIpc) is 2.40. The monoisotopic (exact) mass is 312 g/mol. The second kappa shape index (κ2) is 6.60. The number of benzene rings is 2. The standard InChI is InChI=1S/C12H10BrO3P/c13-16-17(14-11-7-3-1-4-8-11)15-12-9-5-2-6-10-12/h1-10H. The van der Waals surface area contributed by atoms with E-state index in [9.17, 15) is 0 Å². The molecule has 2 rings (SSSR count). The van der Waals surface area contributed by atoms with Crippen LogP contribution in [0.1, 0.15) is 0 Å². The van der Waals surface area contributed by atoms with Crippen LogP contribution in [0.4, 0.5) is 0 Å². The molecular formula is C12H10BrO3P. The lowest BCUT2D eigenvalue weighted by molar-refractivity contribution is 0.417. The molecule has 0 bridgehead atoms. The quantitative estimate of drug-likeness (QED) is 0.749. The predicted molar refractivity (Wildman–Crippen MR) is 71.1 cm³/mol. The summed E-state index contributed by atoms with van der Waals surface area (Å²) in [4.78, 5) is 0. The van der Waals surface area contributed by atoms with Gasteiger partial charge in [0.1, 0.15) is 27.8 Å². The highest BCUT2D eigenvalue weighted by Crippen LogP contribution is 2.42. The molecule has 88 valence electrons. The minimum absolute atomic E-state index is 0.703. The Kier molecular flexibility index (Phi) is 4.80. The van der Waals surface area contributed by atoms with Crippen molar-refractivity contribution in [2.45, 2.75) is 0 Å². The lowest BCUT2D eigenvalue weighted by Gasteiger charge is -2.14. The van der Waals surface area contributed by atoms with Crippen molar-refractivity contribution in [3.8, 4) is 11.5 Å². The van der Waals surface area contributed by atoms with Crippen LogP contribution < -0.4 is 9.05 Å². The van der Waals surface area contributed by atoms with Gasteiger partial charge in [0.25, 0.3) is 0 Å². The first-order valence-corrected chi connectivity index (χ1v) is 6.67. The van der Waals surface area contributed by atoms with Crippen LogP contribution in [-0.2, 0) is 3.62 Å². The van der Waals surface area contributed by atoms with Gasteiger partial charge in [-0.3, -0.25) is 0 Å². The fourth-order valence-electron chi connectivity index (χ4n) is 1.18. The van der Waals surface area contributed by atoms with Gasteiger partial charge in [-0.2, -0.15) is 0 Å². The van der Waals surface area contributed by atoms with Crippen LogP contribution in [0.5, 0.6) is 11.5 Å². The number of para-hydroxylation sites is 2. The number of hydrogen-bond acceptors (Lipinski definition) is 3. The highest BCUT2D eigenvalue weighted by Gasteiger charge is 2.15. The van der Waals surface area contributed by atoms with Crippen molar-refractivity contribution in [3.05, 3.63) is 60.7 Å². The third-order valence-corrected chi connectivity index (χ3v) is 3.44. The predicted octanol–water partition coefficient (Wildman–Crippen LogP) is 4.70. The van der Waals surface area contributed by atoms with Gasteiger partial charge >= 0.3 is 8.60 Å². The third kappa shape index (κ3) is 4.00. The third-order valence-electron chi connectivity index (χ3n) is 1.90. The highest BCUT2D eigenvalue weighted by atomic mass is 79.9. The van der Waals surface area contributed by atoms with Crippen LogP contribution in [0.15, 0.2) is 60.7 Å². The average molecular weight is 313 g/mol. The Balaban J connectivity index is 1.98. The zero-order valence-corrected chi connectivity index (χ0v) is 11.3. The second-order valence-corrected chi connectivity index (χ2v) is 4.92. The van der Waals surface area contributed by atoms with Gasteiger partial charge in [-0.05, 0) is 24.3 Å². The molecule has 0 amide bonds. The first kappa shape index (κ1) is 12.4.